The minimum atomic E-state index is -1.26. The Morgan fingerprint density at radius 2 is 1.72 bits per heavy atom. The first-order valence-corrected chi connectivity index (χ1v) is 8.37. The minimum absolute atomic E-state index is 0.400. The first-order valence-electron chi connectivity index (χ1n) is 8.37. The molecule has 138 valence electrons. The SMILES string of the molecule is CN(C)CC1CCCCC1c1cccc(O)c1.O=C(O)C=CC(=O)O. The number of nitrogens with zero attached hydrogens (tertiary/aromatic N) is 1. The van der Waals surface area contributed by atoms with Gasteiger partial charge in [-0.2, -0.15) is 0 Å². The van der Waals surface area contributed by atoms with Crippen LogP contribution in [0.3, 0.4) is 0 Å². The third kappa shape index (κ3) is 8.35. The molecule has 0 aromatic heterocycles. The van der Waals surface area contributed by atoms with Gasteiger partial charge in [-0.15, -0.1) is 0 Å². The quantitative estimate of drug-likeness (QED) is 0.707. The van der Waals surface area contributed by atoms with Gasteiger partial charge in [-0.25, -0.2) is 9.59 Å². The fraction of sp³-hybridized carbons (Fsp3) is 0.474. The predicted molar refractivity (Wildman–Crippen MR) is 95.8 cm³/mol. The first kappa shape index (κ1) is 20.7. The van der Waals surface area contributed by atoms with Gasteiger partial charge in [0, 0.05) is 18.7 Å². The highest BCUT2D eigenvalue weighted by Gasteiger charge is 2.26. The molecule has 0 heterocycles. The fourth-order valence-electron chi connectivity index (χ4n) is 3.23. The number of carboxylic acid groups (broad SMARTS) is 2. The van der Waals surface area contributed by atoms with Crippen LogP contribution in [0.2, 0.25) is 0 Å². The van der Waals surface area contributed by atoms with Crippen molar-refractivity contribution in [2.75, 3.05) is 20.6 Å². The van der Waals surface area contributed by atoms with Gasteiger partial charge in [0.05, 0.1) is 0 Å². The van der Waals surface area contributed by atoms with E-state index in [2.05, 4.69) is 25.1 Å². The first-order chi connectivity index (χ1) is 11.8. The monoisotopic (exact) mass is 349 g/mol. The van der Waals surface area contributed by atoms with Crippen molar-refractivity contribution in [3.63, 3.8) is 0 Å². The third-order valence-corrected chi connectivity index (χ3v) is 4.18. The second-order valence-electron chi connectivity index (χ2n) is 6.52. The maximum absolute atomic E-state index is 9.60. The number of aliphatic carboxylic acids is 2. The highest BCUT2D eigenvalue weighted by molar-refractivity contribution is 5.89. The molecule has 1 aliphatic carbocycles. The van der Waals surface area contributed by atoms with Gasteiger partial charge in [-0.3, -0.25) is 0 Å². The van der Waals surface area contributed by atoms with Gasteiger partial charge in [-0.05, 0) is 56.5 Å². The van der Waals surface area contributed by atoms with Gasteiger partial charge in [0.1, 0.15) is 5.75 Å². The average Bonchev–Trinajstić information content (AvgIpc) is 2.53. The van der Waals surface area contributed by atoms with Crippen LogP contribution in [-0.4, -0.2) is 52.8 Å². The van der Waals surface area contributed by atoms with E-state index >= 15 is 0 Å². The zero-order chi connectivity index (χ0) is 18.8. The van der Waals surface area contributed by atoms with E-state index in [0.29, 0.717) is 23.8 Å². The summed E-state index contributed by atoms with van der Waals surface area (Å²) in [5.41, 5.74) is 1.32. The number of aromatic hydroxyl groups is 1. The van der Waals surface area contributed by atoms with Crippen LogP contribution in [-0.2, 0) is 9.59 Å². The lowest BCUT2D eigenvalue weighted by molar-refractivity contribution is -0.134. The lowest BCUT2D eigenvalue weighted by Gasteiger charge is -2.33. The Labute approximate surface area is 148 Å². The molecule has 1 aromatic rings. The number of hydrogen-bond donors (Lipinski definition) is 3. The van der Waals surface area contributed by atoms with Crippen molar-refractivity contribution in [3.8, 4) is 5.75 Å². The van der Waals surface area contributed by atoms with Crippen molar-refractivity contribution in [1.82, 2.24) is 4.90 Å². The third-order valence-electron chi connectivity index (χ3n) is 4.18. The average molecular weight is 349 g/mol. The summed E-state index contributed by atoms with van der Waals surface area (Å²) >= 11 is 0. The fourth-order valence-corrected chi connectivity index (χ4v) is 3.23. The molecule has 1 fully saturated rings. The van der Waals surface area contributed by atoms with Crippen molar-refractivity contribution >= 4 is 11.9 Å². The van der Waals surface area contributed by atoms with Crippen molar-refractivity contribution in [2.24, 2.45) is 5.92 Å². The molecule has 1 aliphatic rings. The molecular formula is C19H27NO5. The van der Waals surface area contributed by atoms with Gasteiger partial charge in [0.2, 0.25) is 0 Å². The van der Waals surface area contributed by atoms with Crippen LogP contribution in [0.1, 0.15) is 37.2 Å². The molecule has 25 heavy (non-hydrogen) atoms. The number of phenols is 1. The molecule has 6 nitrogen and oxygen atoms in total. The predicted octanol–water partition coefficient (Wildman–Crippen LogP) is 2.94. The van der Waals surface area contributed by atoms with Crippen LogP contribution in [0.25, 0.3) is 0 Å². The van der Waals surface area contributed by atoms with Crippen LogP contribution < -0.4 is 0 Å². The Balaban J connectivity index is 0.000000333. The molecule has 1 aromatic carbocycles. The van der Waals surface area contributed by atoms with Gasteiger partial charge < -0.3 is 20.2 Å². The lowest BCUT2D eigenvalue weighted by Crippen LogP contribution is -2.28. The molecule has 0 aliphatic heterocycles. The second kappa shape index (κ2) is 10.5. The number of phenolic OH excluding ortho intramolecular Hbond substituents is 1. The van der Waals surface area contributed by atoms with Crippen molar-refractivity contribution in [2.45, 2.75) is 31.6 Å². The van der Waals surface area contributed by atoms with Gasteiger partial charge in [-0.1, -0.05) is 25.0 Å². The number of rotatable bonds is 5. The molecule has 3 N–H and O–H groups in total. The standard InChI is InChI=1S/C15H23NO.C4H4O4/c1-16(2)11-13-6-3-4-9-15(13)12-7-5-8-14(17)10-12;5-3(6)1-2-4(7)8/h5,7-8,10,13,15,17H,3-4,6,9,11H2,1-2H3;1-2H,(H,5,6)(H,7,8). The summed E-state index contributed by atoms with van der Waals surface area (Å²) in [5.74, 6) is -0.754. The zero-order valence-corrected chi connectivity index (χ0v) is 14.8. The molecule has 0 radical (unpaired) electrons. The van der Waals surface area contributed by atoms with E-state index in [9.17, 15) is 14.7 Å². The Hall–Kier alpha value is -2.34. The van der Waals surface area contributed by atoms with E-state index in [0.717, 1.165) is 12.5 Å². The minimum Gasteiger partial charge on any atom is -0.508 e. The topological polar surface area (TPSA) is 98.1 Å². The highest BCUT2D eigenvalue weighted by Crippen LogP contribution is 2.38. The summed E-state index contributed by atoms with van der Waals surface area (Å²) < 4.78 is 0. The van der Waals surface area contributed by atoms with Gasteiger partial charge in [0.15, 0.2) is 0 Å². The summed E-state index contributed by atoms with van der Waals surface area (Å²) in [6.07, 6.45) is 6.38. The number of carboxylic acids is 2. The Morgan fingerprint density at radius 3 is 2.24 bits per heavy atom. The summed E-state index contributed by atoms with van der Waals surface area (Å²) in [6.45, 7) is 1.15. The Kier molecular flexibility index (Phi) is 8.70. The van der Waals surface area contributed by atoms with E-state index in [1.165, 1.54) is 31.2 Å². The summed E-state index contributed by atoms with van der Waals surface area (Å²) in [6, 6.07) is 7.83. The van der Waals surface area contributed by atoms with E-state index in [4.69, 9.17) is 10.2 Å². The normalized spacial score (nSPS) is 20.1. The van der Waals surface area contributed by atoms with Crippen LogP contribution in [0, 0.1) is 5.92 Å². The van der Waals surface area contributed by atoms with Gasteiger partial charge in [0.25, 0.3) is 0 Å². The number of hydrogen-bond acceptors (Lipinski definition) is 4. The molecular weight excluding hydrogens is 322 g/mol. The molecule has 0 spiro atoms. The van der Waals surface area contributed by atoms with Crippen molar-refractivity contribution < 1.29 is 24.9 Å². The molecule has 2 unspecified atom stereocenters. The van der Waals surface area contributed by atoms with Gasteiger partial charge >= 0.3 is 11.9 Å². The van der Waals surface area contributed by atoms with Crippen LogP contribution in [0.5, 0.6) is 5.75 Å². The smallest absolute Gasteiger partial charge is 0.328 e. The maximum Gasteiger partial charge on any atom is 0.328 e. The van der Waals surface area contributed by atoms with E-state index in [-0.39, 0.29) is 0 Å². The molecule has 0 bridgehead atoms. The van der Waals surface area contributed by atoms with E-state index < -0.39 is 11.9 Å². The Bertz CT molecular complexity index is 581. The van der Waals surface area contributed by atoms with Crippen LogP contribution >= 0.6 is 0 Å². The van der Waals surface area contributed by atoms with Crippen LogP contribution in [0.4, 0.5) is 0 Å². The van der Waals surface area contributed by atoms with E-state index in [1.807, 2.05) is 12.1 Å². The summed E-state index contributed by atoms with van der Waals surface area (Å²) in [5, 5.41) is 25.2. The molecule has 2 rings (SSSR count). The summed E-state index contributed by atoms with van der Waals surface area (Å²) in [7, 11) is 4.29. The number of carbonyl (C=O) groups is 2. The zero-order valence-electron chi connectivity index (χ0n) is 14.8. The molecule has 0 saturated heterocycles. The van der Waals surface area contributed by atoms with Crippen molar-refractivity contribution in [3.05, 3.63) is 42.0 Å². The van der Waals surface area contributed by atoms with E-state index in [1.54, 1.807) is 6.07 Å². The molecule has 1 saturated carbocycles. The highest BCUT2D eigenvalue weighted by atomic mass is 16.4. The molecule has 2 atom stereocenters. The Morgan fingerprint density at radius 1 is 1.12 bits per heavy atom. The number of benzene rings is 1. The molecule has 0 amide bonds. The lowest BCUT2D eigenvalue weighted by atomic mass is 9.75. The second-order valence-corrected chi connectivity index (χ2v) is 6.52. The maximum atomic E-state index is 9.60. The summed E-state index contributed by atoms with van der Waals surface area (Å²) in [4.78, 5) is 21.4. The molecule has 6 heteroatoms. The van der Waals surface area contributed by atoms with Crippen LogP contribution in [0.15, 0.2) is 36.4 Å². The van der Waals surface area contributed by atoms with Crippen molar-refractivity contribution in [1.29, 1.82) is 0 Å². The largest absolute Gasteiger partial charge is 0.508 e.